The van der Waals surface area contributed by atoms with Gasteiger partial charge in [0.2, 0.25) is 10.0 Å². The van der Waals surface area contributed by atoms with E-state index < -0.39 is 10.0 Å². The predicted molar refractivity (Wildman–Crippen MR) is 92.3 cm³/mol. The molecule has 1 heterocycles. The second-order valence-electron chi connectivity index (χ2n) is 5.65. The summed E-state index contributed by atoms with van der Waals surface area (Å²) in [6.45, 7) is 7.48. The first kappa shape index (κ1) is 20.8. The highest BCUT2D eigenvalue weighted by Crippen LogP contribution is 2.19. The molecule has 0 aromatic heterocycles. The monoisotopic (exact) mass is 354 g/mol. The average Bonchev–Trinajstić information content (AvgIpc) is 2.57. The van der Waals surface area contributed by atoms with Gasteiger partial charge in [-0.15, -0.1) is 0 Å². The van der Waals surface area contributed by atoms with Crippen molar-refractivity contribution in [3.05, 3.63) is 0 Å². The highest BCUT2D eigenvalue weighted by atomic mass is 32.2. The summed E-state index contributed by atoms with van der Waals surface area (Å²) in [6, 6.07) is 0. The van der Waals surface area contributed by atoms with E-state index in [0.29, 0.717) is 58.6 Å². The smallest absolute Gasteiger partial charge is 0.213 e. The summed E-state index contributed by atoms with van der Waals surface area (Å²) < 4.78 is 41.5. The highest BCUT2D eigenvalue weighted by Gasteiger charge is 2.26. The molecule has 1 fully saturated rings. The van der Waals surface area contributed by atoms with E-state index in [4.69, 9.17) is 14.2 Å². The molecule has 8 heteroatoms. The molecule has 140 valence electrons. The Morgan fingerprint density at radius 3 is 2.17 bits per heavy atom. The number of nitrogens with zero attached hydrogens (tertiary/aromatic N) is 1. The van der Waals surface area contributed by atoms with E-state index in [9.17, 15) is 8.42 Å². The minimum absolute atomic E-state index is 0. The predicted octanol–water partition coefficient (Wildman–Crippen LogP) is 0.563. The van der Waals surface area contributed by atoms with Crippen LogP contribution < -0.4 is 5.32 Å². The molecule has 0 unspecified atom stereocenters. The summed E-state index contributed by atoms with van der Waals surface area (Å²) in [4.78, 5) is 0. The van der Waals surface area contributed by atoms with Crippen LogP contribution in [-0.2, 0) is 24.2 Å². The van der Waals surface area contributed by atoms with Gasteiger partial charge in [0, 0.05) is 27.7 Å². The Balaban J connectivity index is 0.00000529. The van der Waals surface area contributed by atoms with Crippen LogP contribution in [0.1, 0.15) is 21.2 Å². The zero-order chi connectivity index (χ0) is 17.0. The standard InChI is InChI=1S/C15H32N2O5S.H2/c1-3-23(18,19)17-7-4-15(5-8-17)14-22-13-12-21-11-10-20-9-6-16-2;/h15-16H,3-14H2,1-2H3;1H. The first-order valence-corrected chi connectivity index (χ1v) is 10.1. The lowest BCUT2D eigenvalue weighted by molar-refractivity contribution is 0.00406. The normalized spacial score (nSPS) is 17.7. The van der Waals surface area contributed by atoms with Gasteiger partial charge in [-0.25, -0.2) is 12.7 Å². The number of rotatable bonds is 13. The molecule has 1 saturated heterocycles. The van der Waals surface area contributed by atoms with Gasteiger partial charge in [-0.05, 0) is 32.7 Å². The quantitative estimate of drug-likeness (QED) is 0.487. The number of hydrogen-bond donors (Lipinski definition) is 1. The molecule has 23 heavy (non-hydrogen) atoms. The van der Waals surface area contributed by atoms with E-state index in [2.05, 4.69) is 5.32 Å². The van der Waals surface area contributed by atoms with E-state index in [0.717, 1.165) is 19.4 Å². The van der Waals surface area contributed by atoms with E-state index >= 15 is 0 Å². The Hall–Kier alpha value is -0.250. The van der Waals surface area contributed by atoms with Crippen LogP contribution in [0, 0.1) is 5.92 Å². The van der Waals surface area contributed by atoms with Gasteiger partial charge in [0.15, 0.2) is 0 Å². The van der Waals surface area contributed by atoms with Gasteiger partial charge < -0.3 is 19.5 Å². The molecular weight excluding hydrogens is 320 g/mol. The molecule has 0 spiro atoms. The molecule has 0 aromatic rings. The third-order valence-electron chi connectivity index (χ3n) is 3.93. The second kappa shape index (κ2) is 12.2. The summed E-state index contributed by atoms with van der Waals surface area (Å²) >= 11 is 0. The molecule has 1 aliphatic heterocycles. The summed E-state index contributed by atoms with van der Waals surface area (Å²) in [6.07, 6.45) is 1.75. The van der Waals surface area contributed by atoms with Gasteiger partial charge in [0.25, 0.3) is 0 Å². The number of piperidine rings is 1. The van der Waals surface area contributed by atoms with Gasteiger partial charge in [0.1, 0.15) is 0 Å². The zero-order valence-corrected chi connectivity index (χ0v) is 15.3. The molecule has 0 aliphatic carbocycles. The van der Waals surface area contributed by atoms with Crippen molar-refractivity contribution in [3.8, 4) is 0 Å². The SMILES string of the molecule is CCS(=O)(=O)N1CCC(COCCOCCOCCNC)CC1.[HH]. The van der Waals surface area contributed by atoms with Crippen molar-refractivity contribution in [2.75, 3.05) is 72.1 Å². The van der Waals surface area contributed by atoms with Crippen LogP contribution in [0.15, 0.2) is 0 Å². The number of hydrogen-bond acceptors (Lipinski definition) is 6. The van der Waals surface area contributed by atoms with Crippen molar-refractivity contribution < 1.29 is 24.1 Å². The maximum atomic E-state index is 11.8. The molecular formula is C15H34N2O5S. The lowest BCUT2D eigenvalue weighted by Crippen LogP contribution is -2.40. The van der Waals surface area contributed by atoms with Crippen molar-refractivity contribution in [1.29, 1.82) is 0 Å². The second-order valence-corrected chi connectivity index (χ2v) is 7.90. The van der Waals surface area contributed by atoms with Crippen molar-refractivity contribution in [1.82, 2.24) is 9.62 Å². The molecule has 0 atom stereocenters. The van der Waals surface area contributed by atoms with E-state index in [1.54, 1.807) is 11.2 Å². The van der Waals surface area contributed by atoms with Crippen LogP contribution >= 0.6 is 0 Å². The summed E-state index contributed by atoms with van der Waals surface area (Å²) in [7, 11) is -1.14. The minimum Gasteiger partial charge on any atom is -0.379 e. The highest BCUT2D eigenvalue weighted by molar-refractivity contribution is 7.89. The lowest BCUT2D eigenvalue weighted by Gasteiger charge is -2.30. The number of sulfonamides is 1. The fourth-order valence-electron chi connectivity index (χ4n) is 2.40. The first-order valence-electron chi connectivity index (χ1n) is 8.45. The zero-order valence-electron chi connectivity index (χ0n) is 14.5. The summed E-state index contributed by atoms with van der Waals surface area (Å²) in [5.74, 6) is 0.632. The van der Waals surface area contributed by atoms with E-state index in [1.807, 2.05) is 7.05 Å². The van der Waals surface area contributed by atoms with Crippen LogP contribution in [0.3, 0.4) is 0 Å². The Kier molecular flexibility index (Phi) is 11.0. The van der Waals surface area contributed by atoms with Crippen LogP contribution in [0.2, 0.25) is 0 Å². The van der Waals surface area contributed by atoms with Crippen LogP contribution in [0.5, 0.6) is 0 Å². The van der Waals surface area contributed by atoms with Crippen molar-refractivity contribution >= 4 is 10.0 Å². The molecule has 0 saturated carbocycles. The average molecular weight is 355 g/mol. The van der Waals surface area contributed by atoms with Gasteiger partial charge in [0.05, 0.1) is 38.8 Å². The van der Waals surface area contributed by atoms with Crippen molar-refractivity contribution in [2.24, 2.45) is 5.92 Å². The molecule has 0 radical (unpaired) electrons. The molecule has 1 rings (SSSR count). The van der Waals surface area contributed by atoms with Crippen LogP contribution in [0.25, 0.3) is 0 Å². The fraction of sp³-hybridized carbons (Fsp3) is 1.00. The van der Waals surface area contributed by atoms with Gasteiger partial charge >= 0.3 is 0 Å². The third kappa shape index (κ3) is 8.97. The molecule has 0 bridgehead atoms. The Bertz CT molecular complexity index is 389. The maximum Gasteiger partial charge on any atom is 0.213 e. The van der Waals surface area contributed by atoms with Crippen molar-refractivity contribution in [2.45, 2.75) is 19.8 Å². The van der Waals surface area contributed by atoms with Crippen molar-refractivity contribution in [3.63, 3.8) is 0 Å². The molecule has 1 aliphatic rings. The fourth-order valence-corrected chi connectivity index (χ4v) is 3.53. The summed E-state index contributed by atoms with van der Waals surface area (Å²) in [5.41, 5.74) is 0. The van der Waals surface area contributed by atoms with Crippen LogP contribution in [-0.4, -0.2) is 84.8 Å². The Labute approximate surface area is 142 Å². The number of nitrogens with one attached hydrogen (secondary N) is 1. The van der Waals surface area contributed by atoms with Gasteiger partial charge in [-0.1, -0.05) is 0 Å². The number of ether oxygens (including phenoxy) is 3. The summed E-state index contributed by atoms with van der Waals surface area (Å²) in [5, 5.41) is 3.01. The van der Waals surface area contributed by atoms with E-state index in [-0.39, 0.29) is 7.18 Å². The Morgan fingerprint density at radius 1 is 1.04 bits per heavy atom. The lowest BCUT2D eigenvalue weighted by atomic mass is 9.99. The largest absolute Gasteiger partial charge is 0.379 e. The minimum atomic E-state index is -3.03. The van der Waals surface area contributed by atoms with Gasteiger partial charge in [-0.3, -0.25) is 0 Å². The Morgan fingerprint density at radius 2 is 1.61 bits per heavy atom. The van der Waals surface area contributed by atoms with E-state index in [1.165, 1.54) is 0 Å². The maximum absolute atomic E-state index is 11.8. The molecule has 1 N–H and O–H groups in total. The molecule has 7 nitrogen and oxygen atoms in total. The van der Waals surface area contributed by atoms with Crippen LogP contribution in [0.4, 0.5) is 0 Å². The first-order chi connectivity index (χ1) is 11.1. The number of likely N-dealkylation sites (N-methyl/N-ethyl adjacent to an activating group) is 1. The van der Waals surface area contributed by atoms with Gasteiger partial charge in [-0.2, -0.15) is 0 Å². The molecule has 0 aromatic carbocycles. The molecule has 0 amide bonds. The topological polar surface area (TPSA) is 77.1 Å². The third-order valence-corrected chi connectivity index (χ3v) is 5.81.